The predicted molar refractivity (Wildman–Crippen MR) is 74.7 cm³/mol. The lowest BCUT2D eigenvalue weighted by molar-refractivity contribution is 0.567. The van der Waals surface area contributed by atoms with E-state index in [1.807, 2.05) is 11.8 Å². The Kier molecular flexibility index (Phi) is 3.97. The van der Waals surface area contributed by atoms with Crippen LogP contribution in [0.4, 0.5) is 5.82 Å². The molecule has 1 aromatic heterocycles. The SMILES string of the molecule is CC1CS(=O)(=O)CCN1c1nc(Cl)c(Cl)cc1Cl. The first kappa shape index (κ1) is 14.2. The maximum atomic E-state index is 11.5. The Labute approximate surface area is 121 Å². The smallest absolute Gasteiger partial charge is 0.154 e. The number of rotatable bonds is 1. The predicted octanol–water partition coefficient (Wildman–Crippen LogP) is 2.67. The quantitative estimate of drug-likeness (QED) is 0.743. The van der Waals surface area contributed by atoms with E-state index in [1.165, 1.54) is 6.07 Å². The van der Waals surface area contributed by atoms with Crippen LogP contribution in [0.15, 0.2) is 6.07 Å². The molecule has 0 radical (unpaired) electrons. The molecule has 1 aromatic rings. The summed E-state index contributed by atoms with van der Waals surface area (Å²) in [7, 11) is -2.98. The average molecular weight is 330 g/mol. The molecular weight excluding hydrogens is 319 g/mol. The summed E-state index contributed by atoms with van der Waals surface area (Å²) in [6, 6.07) is 1.33. The lowest BCUT2D eigenvalue weighted by Gasteiger charge is -2.34. The third-order valence-corrected chi connectivity index (χ3v) is 5.56. The molecule has 0 amide bonds. The van der Waals surface area contributed by atoms with Crippen molar-refractivity contribution in [3.8, 4) is 0 Å². The minimum atomic E-state index is -2.98. The summed E-state index contributed by atoms with van der Waals surface area (Å²) < 4.78 is 23.0. The maximum absolute atomic E-state index is 11.5. The molecule has 1 fully saturated rings. The van der Waals surface area contributed by atoms with E-state index in [0.717, 1.165) is 0 Å². The van der Waals surface area contributed by atoms with E-state index in [-0.39, 0.29) is 27.7 Å². The summed E-state index contributed by atoms with van der Waals surface area (Å²) in [6.07, 6.45) is 0. The number of aromatic nitrogens is 1. The molecular formula is C10H11Cl3N2O2S. The van der Waals surface area contributed by atoms with Crippen molar-refractivity contribution in [1.29, 1.82) is 0 Å². The Hall–Kier alpha value is -0.230. The number of anilines is 1. The topological polar surface area (TPSA) is 50.3 Å². The van der Waals surface area contributed by atoms with E-state index in [1.54, 1.807) is 0 Å². The summed E-state index contributed by atoms with van der Waals surface area (Å²) in [5.41, 5.74) is 0. The Balaban J connectivity index is 2.36. The first-order valence-corrected chi connectivity index (χ1v) is 8.24. The van der Waals surface area contributed by atoms with Crippen molar-refractivity contribution in [2.24, 2.45) is 0 Å². The molecule has 0 saturated carbocycles. The van der Waals surface area contributed by atoms with E-state index >= 15 is 0 Å². The highest BCUT2D eigenvalue weighted by Gasteiger charge is 2.30. The Morgan fingerprint density at radius 1 is 1.33 bits per heavy atom. The third kappa shape index (κ3) is 2.85. The van der Waals surface area contributed by atoms with E-state index in [0.29, 0.717) is 17.4 Å². The van der Waals surface area contributed by atoms with Crippen molar-refractivity contribution in [3.05, 3.63) is 21.3 Å². The lowest BCUT2D eigenvalue weighted by atomic mass is 10.3. The molecule has 0 N–H and O–H groups in total. The number of hydrogen-bond acceptors (Lipinski definition) is 4. The van der Waals surface area contributed by atoms with Crippen molar-refractivity contribution in [2.45, 2.75) is 13.0 Å². The minimum Gasteiger partial charge on any atom is -0.351 e. The Bertz CT molecular complexity index is 577. The average Bonchev–Trinajstić information content (AvgIpc) is 2.23. The highest BCUT2D eigenvalue weighted by molar-refractivity contribution is 7.91. The number of sulfone groups is 1. The van der Waals surface area contributed by atoms with Crippen LogP contribution in [0.5, 0.6) is 0 Å². The highest BCUT2D eigenvalue weighted by atomic mass is 35.5. The van der Waals surface area contributed by atoms with Crippen LogP contribution >= 0.6 is 34.8 Å². The van der Waals surface area contributed by atoms with E-state index in [4.69, 9.17) is 34.8 Å². The zero-order valence-corrected chi connectivity index (χ0v) is 12.6. The molecule has 0 aromatic carbocycles. The monoisotopic (exact) mass is 328 g/mol. The van der Waals surface area contributed by atoms with Crippen LogP contribution in [0.3, 0.4) is 0 Å². The first-order valence-electron chi connectivity index (χ1n) is 5.29. The highest BCUT2D eigenvalue weighted by Crippen LogP contribution is 2.33. The summed E-state index contributed by atoms with van der Waals surface area (Å²) in [6.45, 7) is 2.17. The van der Waals surface area contributed by atoms with Crippen LogP contribution in [-0.2, 0) is 9.84 Å². The molecule has 18 heavy (non-hydrogen) atoms. The van der Waals surface area contributed by atoms with Crippen molar-refractivity contribution in [2.75, 3.05) is 23.0 Å². The van der Waals surface area contributed by atoms with Crippen molar-refractivity contribution < 1.29 is 8.42 Å². The normalized spacial score (nSPS) is 23.1. The molecule has 1 aliphatic heterocycles. The fourth-order valence-corrected chi connectivity index (χ4v) is 4.11. The molecule has 0 aliphatic carbocycles. The Morgan fingerprint density at radius 2 is 2.00 bits per heavy atom. The molecule has 4 nitrogen and oxygen atoms in total. The van der Waals surface area contributed by atoms with Crippen molar-refractivity contribution in [3.63, 3.8) is 0 Å². The van der Waals surface area contributed by atoms with Gasteiger partial charge in [0.05, 0.1) is 21.6 Å². The van der Waals surface area contributed by atoms with Gasteiger partial charge in [0.1, 0.15) is 11.0 Å². The van der Waals surface area contributed by atoms with Crippen LogP contribution in [0, 0.1) is 0 Å². The van der Waals surface area contributed by atoms with Gasteiger partial charge in [0.25, 0.3) is 0 Å². The molecule has 0 spiro atoms. The van der Waals surface area contributed by atoms with Gasteiger partial charge in [-0.15, -0.1) is 0 Å². The third-order valence-electron chi connectivity index (χ3n) is 2.81. The van der Waals surface area contributed by atoms with Gasteiger partial charge >= 0.3 is 0 Å². The summed E-state index contributed by atoms with van der Waals surface area (Å²) >= 11 is 17.7. The lowest BCUT2D eigenvalue weighted by Crippen LogP contribution is -2.47. The van der Waals surface area contributed by atoms with Gasteiger partial charge in [0, 0.05) is 12.6 Å². The van der Waals surface area contributed by atoms with Gasteiger partial charge in [0.2, 0.25) is 0 Å². The largest absolute Gasteiger partial charge is 0.351 e. The van der Waals surface area contributed by atoms with Gasteiger partial charge in [-0.1, -0.05) is 34.8 Å². The molecule has 0 bridgehead atoms. The molecule has 1 saturated heterocycles. The van der Waals surface area contributed by atoms with E-state index in [2.05, 4.69) is 4.98 Å². The summed E-state index contributed by atoms with van der Waals surface area (Å²) in [5.74, 6) is 0.661. The zero-order chi connectivity index (χ0) is 13.5. The molecule has 2 rings (SSSR count). The fraction of sp³-hybridized carbons (Fsp3) is 0.500. The Morgan fingerprint density at radius 3 is 2.61 bits per heavy atom. The van der Waals surface area contributed by atoms with Gasteiger partial charge in [-0.05, 0) is 13.0 Å². The molecule has 100 valence electrons. The molecule has 1 atom stereocenters. The summed E-state index contributed by atoms with van der Waals surface area (Å²) in [4.78, 5) is 5.97. The van der Waals surface area contributed by atoms with Gasteiger partial charge in [-0.3, -0.25) is 0 Å². The van der Waals surface area contributed by atoms with Gasteiger partial charge in [0.15, 0.2) is 9.84 Å². The van der Waals surface area contributed by atoms with Crippen LogP contribution in [-0.4, -0.2) is 37.5 Å². The number of halogens is 3. The van der Waals surface area contributed by atoms with Crippen LogP contribution in [0.2, 0.25) is 15.2 Å². The number of nitrogens with zero attached hydrogens (tertiary/aromatic N) is 2. The standard InChI is InChI=1S/C10H11Cl3N2O2S/c1-6-5-18(16,17)3-2-15(6)10-8(12)4-7(11)9(13)14-10/h4,6H,2-3,5H2,1H3. The van der Waals surface area contributed by atoms with Crippen LogP contribution in [0.1, 0.15) is 6.92 Å². The second kappa shape index (κ2) is 5.04. The van der Waals surface area contributed by atoms with Gasteiger partial charge in [-0.25, -0.2) is 13.4 Å². The maximum Gasteiger partial charge on any atom is 0.154 e. The van der Waals surface area contributed by atoms with Gasteiger partial charge < -0.3 is 4.90 Å². The van der Waals surface area contributed by atoms with Crippen molar-refractivity contribution >= 4 is 50.5 Å². The molecule has 8 heteroatoms. The minimum absolute atomic E-state index is 0.0885. The van der Waals surface area contributed by atoms with Crippen LogP contribution < -0.4 is 4.90 Å². The van der Waals surface area contributed by atoms with E-state index in [9.17, 15) is 8.42 Å². The molecule has 1 aliphatic rings. The van der Waals surface area contributed by atoms with Crippen LogP contribution in [0.25, 0.3) is 0 Å². The van der Waals surface area contributed by atoms with Gasteiger partial charge in [-0.2, -0.15) is 0 Å². The molecule has 1 unspecified atom stereocenters. The second-order valence-electron chi connectivity index (χ2n) is 4.22. The zero-order valence-electron chi connectivity index (χ0n) is 9.53. The molecule has 2 heterocycles. The van der Waals surface area contributed by atoms with Crippen molar-refractivity contribution in [1.82, 2.24) is 4.98 Å². The first-order chi connectivity index (χ1) is 8.30. The number of pyridine rings is 1. The number of hydrogen-bond donors (Lipinski definition) is 0. The van der Waals surface area contributed by atoms with E-state index < -0.39 is 9.84 Å². The second-order valence-corrected chi connectivity index (χ2v) is 7.62. The fourth-order valence-electron chi connectivity index (χ4n) is 1.95. The summed E-state index contributed by atoms with van der Waals surface area (Å²) in [5, 5.41) is 0.815.